The number of esters is 1. The van der Waals surface area contributed by atoms with E-state index < -0.39 is 0 Å². The van der Waals surface area contributed by atoms with E-state index in [4.69, 9.17) is 16.3 Å². The first-order valence-corrected chi connectivity index (χ1v) is 6.97. The van der Waals surface area contributed by atoms with Gasteiger partial charge in [-0.1, -0.05) is 18.5 Å². The maximum atomic E-state index is 11.7. The fraction of sp³-hybridized carbons (Fsp3) is 0.467. The number of nitriles is 1. The molecule has 0 aromatic heterocycles. The Labute approximate surface area is 123 Å². The van der Waals surface area contributed by atoms with Crippen LogP contribution in [0.5, 0.6) is 0 Å². The SMILES string of the molecule is COC(=O)[C@H]1CCN(c2cc(Cl)ccc2C#N)C[C@H]1C. The van der Waals surface area contributed by atoms with Crippen LogP contribution >= 0.6 is 11.6 Å². The van der Waals surface area contributed by atoms with Crippen LogP contribution in [0.2, 0.25) is 5.02 Å². The quantitative estimate of drug-likeness (QED) is 0.787. The second kappa shape index (κ2) is 6.15. The highest BCUT2D eigenvalue weighted by Gasteiger charge is 2.32. The lowest BCUT2D eigenvalue weighted by molar-refractivity contribution is -0.147. The van der Waals surface area contributed by atoms with E-state index >= 15 is 0 Å². The molecule has 1 aromatic carbocycles. The molecule has 0 N–H and O–H groups in total. The molecule has 0 saturated carbocycles. The summed E-state index contributed by atoms with van der Waals surface area (Å²) in [6.45, 7) is 3.47. The molecule has 0 amide bonds. The number of anilines is 1. The zero-order valence-electron chi connectivity index (χ0n) is 11.6. The minimum atomic E-state index is -0.149. The molecule has 106 valence electrons. The molecular weight excluding hydrogens is 276 g/mol. The van der Waals surface area contributed by atoms with Gasteiger partial charge in [0.15, 0.2) is 0 Å². The Balaban J connectivity index is 2.20. The van der Waals surface area contributed by atoms with Crippen molar-refractivity contribution in [2.75, 3.05) is 25.1 Å². The normalized spacial score (nSPS) is 22.2. The molecule has 0 spiro atoms. The maximum Gasteiger partial charge on any atom is 0.309 e. The number of carbonyl (C=O) groups is 1. The van der Waals surface area contributed by atoms with E-state index in [9.17, 15) is 10.1 Å². The molecule has 1 heterocycles. The number of carbonyl (C=O) groups excluding carboxylic acids is 1. The number of hydrogen-bond donors (Lipinski definition) is 0. The number of hydrogen-bond acceptors (Lipinski definition) is 4. The minimum Gasteiger partial charge on any atom is -0.469 e. The molecule has 1 fully saturated rings. The molecule has 5 heteroatoms. The van der Waals surface area contributed by atoms with Gasteiger partial charge in [0, 0.05) is 18.1 Å². The lowest BCUT2D eigenvalue weighted by atomic mass is 9.86. The summed E-state index contributed by atoms with van der Waals surface area (Å²) in [5.41, 5.74) is 1.45. The Morgan fingerprint density at radius 3 is 2.90 bits per heavy atom. The molecule has 1 saturated heterocycles. The van der Waals surface area contributed by atoms with Gasteiger partial charge in [0.05, 0.1) is 24.3 Å². The fourth-order valence-electron chi connectivity index (χ4n) is 2.73. The van der Waals surface area contributed by atoms with Gasteiger partial charge in [-0.3, -0.25) is 4.79 Å². The Kier molecular flexibility index (Phi) is 4.51. The van der Waals surface area contributed by atoms with Crippen LogP contribution < -0.4 is 4.90 Å². The van der Waals surface area contributed by atoms with Crippen LogP contribution in [-0.4, -0.2) is 26.2 Å². The van der Waals surface area contributed by atoms with Crippen molar-refractivity contribution < 1.29 is 9.53 Å². The Morgan fingerprint density at radius 1 is 1.55 bits per heavy atom. The number of halogens is 1. The molecular formula is C15H17ClN2O2. The van der Waals surface area contributed by atoms with Gasteiger partial charge in [0.2, 0.25) is 0 Å². The highest BCUT2D eigenvalue weighted by atomic mass is 35.5. The largest absolute Gasteiger partial charge is 0.469 e. The summed E-state index contributed by atoms with van der Waals surface area (Å²) in [5, 5.41) is 9.80. The first-order valence-electron chi connectivity index (χ1n) is 6.59. The van der Waals surface area contributed by atoms with Crippen LogP contribution in [0.25, 0.3) is 0 Å². The maximum absolute atomic E-state index is 11.7. The predicted molar refractivity (Wildman–Crippen MR) is 77.7 cm³/mol. The molecule has 2 atom stereocenters. The van der Waals surface area contributed by atoms with Crippen molar-refractivity contribution >= 4 is 23.3 Å². The monoisotopic (exact) mass is 292 g/mol. The van der Waals surface area contributed by atoms with Crippen LogP contribution in [0.15, 0.2) is 18.2 Å². The van der Waals surface area contributed by atoms with E-state index in [2.05, 4.69) is 11.0 Å². The van der Waals surface area contributed by atoms with Gasteiger partial charge < -0.3 is 9.64 Å². The summed E-state index contributed by atoms with van der Waals surface area (Å²) in [4.78, 5) is 13.8. The Bertz CT molecular complexity index is 553. The first-order chi connectivity index (χ1) is 9.56. The molecule has 4 nitrogen and oxygen atoms in total. The average molecular weight is 293 g/mol. The third-order valence-electron chi connectivity index (χ3n) is 3.83. The second-order valence-corrected chi connectivity index (χ2v) is 5.55. The molecule has 1 aromatic rings. The van der Waals surface area contributed by atoms with Crippen molar-refractivity contribution in [3.63, 3.8) is 0 Å². The van der Waals surface area contributed by atoms with Crippen molar-refractivity contribution in [2.24, 2.45) is 11.8 Å². The van der Waals surface area contributed by atoms with Crippen LogP contribution in [-0.2, 0) is 9.53 Å². The second-order valence-electron chi connectivity index (χ2n) is 5.11. The van der Waals surface area contributed by atoms with Gasteiger partial charge in [-0.25, -0.2) is 0 Å². The van der Waals surface area contributed by atoms with Gasteiger partial charge in [0.1, 0.15) is 6.07 Å². The number of piperidine rings is 1. The molecule has 1 aliphatic heterocycles. The zero-order valence-corrected chi connectivity index (χ0v) is 12.4. The van der Waals surface area contributed by atoms with E-state index in [0.717, 1.165) is 25.2 Å². The van der Waals surface area contributed by atoms with E-state index in [1.54, 1.807) is 12.1 Å². The molecule has 0 unspecified atom stereocenters. The van der Waals surface area contributed by atoms with Crippen LogP contribution in [0, 0.1) is 23.2 Å². The molecule has 0 bridgehead atoms. The third kappa shape index (κ3) is 2.88. The smallest absolute Gasteiger partial charge is 0.309 e. The summed E-state index contributed by atoms with van der Waals surface area (Å²) in [5.74, 6) is -0.0357. The number of nitrogens with zero attached hydrogens (tertiary/aromatic N) is 2. The van der Waals surface area contributed by atoms with E-state index in [1.165, 1.54) is 7.11 Å². The van der Waals surface area contributed by atoms with Gasteiger partial charge in [-0.05, 0) is 30.5 Å². The van der Waals surface area contributed by atoms with Crippen LogP contribution in [0.3, 0.4) is 0 Å². The number of ether oxygens (including phenoxy) is 1. The van der Waals surface area contributed by atoms with Crippen molar-refractivity contribution in [1.82, 2.24) is 0 Å². The molecule has 0 aliphatic carbocycles. The average Bonchev–Trinajstić information content (AvgIpc) is 2.46. The molecule has 2 rings (SSSR count). The lowest BCUT2D eigenvalue weighted by Crippen LogP contribution is -2.42. The Morgan fingerprint density at radius 2 is 2.30 bits per heavy atom. The van der Waals surface area contributed by atoms with Crippen LogP contribution in [0.4, 0.5) is 5.69 Å². The van der Waals surface area contributed by atoms with Crippen molar-refractivity contribution in [3.8, 4) is 6.07 Å². The summed E-state index contributed by atoms with van der Waals surface area (Å²) in [6, 6.07) is 7.45. The third-order valence-corrected chi connectivity index (χ3v) is 4.07. The van der Waals surface area contributed by atoms with Gasteiger partial charge in [-0.2, -0.15) is 5.26 Å². The first kappa shape index (κ1) is 14.7. The zero-order chi connectivity index (χ0) is 14.7. The standard InChI is InChI=1S/C15H17ClN2O2/c1-10-9-18(6-5-13(10)15(19)20-2)14-7-12(16)4-3-11(14)8-17/h3-4,7,10,13H,5-6,9H2,1-2H3/t10-,13+/m1/s1. The topological polar surface area (TPSA) is 53.3 Å². The van der Waals surface area contributed by atoms with Gasteiger partial charge in [-0.15, -0.1) is 0 Å². The lowest BCUT2D eigenvalue weighted by Gasteiger charge is -2.37. The van der Waals surface area contributed by atoms with Crippen molar-refractivity contribution in [1.29, 1.82) is 5.26 Å². The molecule has 1 aliphatic rings. The number of methoxy groups -OCH3 is 1. The minimum absolute atomic E-state index is 0.0685. The van der Waals surface area contributed by atoms with Gasteiger partial charge >= 0.3 is 5.97 Å². The van der Waals surface area contributed by atoms with Crippen LogP contribution in [0.1, 0.15) is 18.9 Å². The molecule has 0 radical (unpaired) electrons. The number of rotatable bonds is 2. The molecule has 20 heavy (non-hydrogen) atoms. The summed E-state index contributed by atoms with van der Waals surface area (Å²) in [7, 11) is 1.42. The van der Waals surface area contributed by atoms with E-state index in [1.807, 2.05) is 13.0 Å². The summed E-state index contributed by atoms with van der Waals surface area (Å²) >= 11 is 6.02. The predicted octanol–water partition coefficient (Wildman–Crippen LogP) is 2.85. The fourth-order valence-corrected chi connectivity index (χ4v) is 2.89. The Hall–Kier alpha value is -1.73. The summed E-state index contributed by atoms with van der Waals surface area (Å²) < 4.78 is 4.83. The van der Waals surface area contributed by atoms with Gasteiger partial charge in [0.25, 0.3) is 0 Å². The van der Waals surface area contributed by atoms with Crippen molar-refractivity contribution in [3.05, 3.63) is 28.8 Å². The van der Waals surface area contributed by atoms with E-state index in [-0.39, 0.29) is 17.8 Å². The summed E-state index contributed by atoms with van der Waals surface area (Å²) in [6.07, 6.45) is 0.727. The number of benzene rings is 1. The highest BCUT2D eigenvalue weighted by molar-refractivity contribution is 6.30. The van der Waals surface area contributed by atoms with Crippen molar-refractivity contribution in [2.45, 2.75) is 13.3 Å². The van der Waals surface area contributed by atoms with E-state index in [0.29, 0.717) is 10.6 Å². The highest BCUT2D eigenvalue weighted by Crippen LogP contribution is 2.31.